The van der Waals surface area contributed by atoms with Crippen LogP contribution in [0.1, 0.15) is 18.2 Å². The molecule has 1 aromatic heterocycles. The lowest BCUT2D eigenvalue weighted by Gasteiger charge is -2.08. The largest absolute Gasteiger partial charge is 0.478 e. The minimum atomic E-state index is -0.403. The molecule has 0 aliphatic heterocycles. The lowest BCUT2D eigenvalue weighted by atomic mass is 10.2. The molecule has 0 fully saturated rings. The molecule has 0 aliphatic rings. The first kappa shape index (κ1) is 14.7. The van der Waals surface area contributed by atoms with Gasteiger partial charge in [0, 0.05) is 29.9 Å². The summed E-state index contributed by atoms with van der Waals surface area (Å²) in [7, 11) is 0. The van der Waals surface area contributed by atoms with Crippen molar-refractivity contribution in [2.75, 3.05) is 11.9 Å². The highest BCUT2D eigenvalue weighted by Crippen LogP contribution is 2.19. The van der Waals surface area contributed by atoms with Gasteiger partial charge in [0.25, 0.3) is 5.69 Å². The number of hydrogen-bond acceptors (Lipinski definition) is 6. The Morgan fingerprint density at radius 2 is 2.10 bits per heavy atom. The van der Waals surface area contributed by atoms with Crippen molar-refractivity contribution in [3.8, 4) is 5.88 Å². The van der Waals surface area contributed by atoms with E-state index >= 15 is 0 Å². The predicted molar refractivity (Wildman–Crippen MR) is 78.4 cm³/mol. The second-order valence-electron chi connectivity index (χ2n) is 4.34. The zero-order valence-corrected chi connectivity index (χ0v) is 11.9. The summed E-state index contributed by atoms with van der Waals surface area (Å²) in [5, 5.41) is 13.9. The fraction of sp³-hybridized carbons (Fsp3) is 0.286. The van der Waals surface area contributed by atoms with E-state index in [0.29, 0.717) is 24.0 Å². The van der Waals surface area contributed by atoms with Gasteiger partial charge in [0.2, 0.25) is 11.8 Å². The van der Waals surface area contributed by atoms with Crippen LogP contribution in [0.25, 0.3) is 0 Å². The number of nitro benzene ring substituents is 1. The van der Waals surface area contributed by atoms with Gasteiger partial charge in [-0.1, -0.05) is 18.2 Å². The van der Waals surface area contributed by atoms with E-state index in [4.69, 9.17) is 4.74 Å². The van der Waals surface area contributed by atoms with Crippen molar-refractivity contribution < 1.29 is 9.66 Å². The van der Waals surface area contributed by atoms with E-state index in [9.17, 15) is 10.1 Å². The molecule has 2 rings (SSSR count). The van der Waals surface area contributed by atoms with Crippen molar-refractivity contribution in [2.45, 2.75) is 20.4 Å². The number of nitro groups is 1. The van der Waals surface area contributed by atoms with E-state index in [0.717, 1.165) is 5.69 Å². The number of hydrogen-bond donors (Lipinski definition) is 1. The highest BCUT2D eigenvalue weighted by Gasteiger charge is 2.12. The van der Waals surface area contributed by atoms with Gasteiger partial charge in [-0.2, -0.15) is 4.98 Å². The van der Waals surface area contributed by atoms with Crippen LogP contribution in [0.3, 0.4) is 0 Å². The number of aryl methyl sites for hydroxylation is 1. The summed E-state index contributed by atoms with van der Waals surface area (Å²) in [5.41, 5.74) is 1.41. The molecule has 7 heteroatoms. The van der Waals surface area contributed by atoms with Crippen LogP contribution >= 0.6 is 0 Å². The summed E-state index contributed by atoms with van der Waals surface area (Å²) in [6, 6.07) is 8.30. The van der Waals surface area contributed by atoms with E-state index in [-0.39, 0.29) is 12.2 Å². The molecule has 2 aromatic rings. The van der Waals surface area contributed by atoms with Gasteiger partial charge < -0.3 is 10.1 Å². The van der Waals surface area contributed by atoms with Crippen LogP contribution in [0.4, 0.5) is 11.6 Å². The van der Waals surface area contributed by atoms with Crippen molar-refractivity contribution >= 4 is 11.6 Å². The number of benzene rings is 1. The van der Waals surface area contributed by atoms with Crippen LogP contribution in [-0.4, -0.2) is 21.5 Å². The molecular formula is C14H16N4O3. The first-order valence-corrected chi connectivity index (χ1v) is 6.54. The van der Waals surface area contributed by atoms with Crippen LogP contribution in [0.2, 0.25) is 0 Å². The van der Waals surface area contributed by atoms with E-state index < -0.39 is 4.92 Å². The fourth-order valence-corrected chi connectivity index (χ4v) is 1.85. The third kappa shape index (κ3) is 3.88. The Balaban J connectivity index is 2.15. The number of anilines is 1. The quantitative estimate of drug-likeness (QED) is 0.649. The summed E-state index contributed by atoms with van der Waals surface area (Å²) in [4.78, 5) is 19.0. The number of rotatable bonds is 6. The van der Waals surface area contributed by atoms with Gasteiger partial charge >= 0.3 is 0 Å². The zero-order chi connectivity index (χ0) is 15.2. The Morgan fingerprint density at radius 3 is 2.81 bits per heavy atom. The van der Waals surface area contributed by atoms with Crippen LogP contribution in [0.15, 0.2) is 30.3 Å². The van der Waals surface area contributed by atoms with Gasteiger partial charge in [-0.25, -0.2) is 4.98 Å². The molecule has 110 valence electrons. The summed E-state index contributed by atoms with van der Waals surface area (Å²) in [6.45, 7) is 4.49. The van der Waals surface area contributed by atoms with E-state index in [1.54, 1.807) is 24.3 Å². The highest BCUT2D eigenvalue weighted by molar-refractivity contribution is 5.42. The molecule has 0 spiro atoms. The topological polar surface area (TPSA) is 90.2 Å². The SMILES string of the molecule is CCOc1cc(C)nc(NCc2ccccc2[N+](=O)[O-])n1. The normalized spacial score (nSPS) is 10.2. The molecule has 0 atom stereocenters. The lowest BCUT2D eigenvalue weighted by Crippen LogP contribution is -2.07. The second-order valence-corrected chi connectivity index (χ2v) is 4.34. The molecule has 1 aromatic carbocycles. The van der Waals surface area contributed by atoms with Crippen molar-refractivity contribution in [1.29, 1.82) is 0 Å². The monoisotopic (exact) mass is 288 g/mol. The van der Waals surface area contributed by atoms with Gasteiger partial charge in [0.05, 0.1) is 11.5 Å². The Bertz CT molecular complexity index is 646. The Kier molecular flexibility index (Phi) is 4.65. The van der Waals surface area contributed by atoms with E-state index in [1.165, 1.54) is 6.07 Å². The summed E-state index contributed by atoms with van der Waals surface area (Å²) < 4.78 is 5.34. The van der Waals surface area contributed by atoms with Crippen LogP contribution in [0, 0.1) is 17.0 Å². The molecule has 7 nitrogen and oxygen atoms in total. The maximum Gasteiger partial charge on any atom is 0.274 e. The number of nitrogens with zero attached hydrogens (tertiary/aromatic N) is 3. The summed E-state index contributed by atoms with van der Waals surface area (Å²) in [5.74, 6) is 0.867. The van der Waals surface area contributed by atoms with Crippen molar-refractivity contribution in [3.05, 3.63) is 51.7 Å². The molecule has 21 heavy (non-hydrogen) atoms. The van der Waals surface area contributed by atoms with Crippen LogP contribution in [0.5, 0.6) is 5.88 Å². The Morgan fingerprint density at radius 1 is 1.33 bits per heavy atom. The molecule has 0 bridgehead atoms. The van der Waals surface area contributed by atoms with Crippen LogP contribution < -0.4 is 10.1 Å². The molecule has 0 saturated carbocycles. The minimum absolute atomic E-state index is 0.0719. The van der Waals surface area contributed by atoms with Gasteiger partial charge in [0.1, 0.15) is 0 Å². The van der Waals surface area contributed by atoms with Gasteiger partial charge in [-0.3, -0.25) is 10.1 Å². The van der Waals surface area contributed by atoms with Crippen molar-refractivity contribution in [3.63, 3.8) is 0 Å². The average molecular weight is 288 g/mol. The maximum absolute atomic E-state index is 11.0. The Labute approximate surface area is 122 Å². The first-order chi connectivity index (χ1) is 10.1. The maximum atomic E-state index is 11.0. The van der Waals surface area contributed by atoms with Crippen LogP contribution in [-0.2, 0) is 6.54 Å². The molecule has 0 saturated heterocycles. The van der Waals surface area contributed by atoms with Gasteiger partial charge in [0.15, 0.2) is 0 Å². The highest BCUT2D eigenvalue weighted by atomic mass is 16.6. The first-order valence-electron chi connectivity index (χ1n) is 6.54. The second kappa shape index (κ2) is 6.65. The van der Waals surface area contributed by atoms with Gasteiger partial charge in [-0.15, -0.1) is 0 Å². The van der Waals surface area contributed by atoms with E-state index in [2.05, 4.69) is 15.3 Å². The van der Waals surface area contributed by atoms with Gasteiger partial charge in [-0.05, 0) is 13.8 Å². The third-order valence-electron chi connectivity index (χ3n) is 2.75. The smallest absolute Gasteiger partial charge is 0.274 e. The average Bonchev–Trinajstić information content (AvgIpc) is 2.45. The minimum Gasteiger partial charge on any atom is -0.478 e. The molecule has 0 radical (unpaired) electrons. The van der Waals surface area contributed by atoms with E-state index in [1.807, 2.05) is 13.8 Å². The molecule has 0 amide bonds. The lowest BCUT2D eigenvalue weighted by molar-refractivity contribution is -0.385. The molecule has 0 aliphatic carbocycles. The summed E-state index contributed by atoms with van der Waals surface area (Å²) >= 11 is 0. The fourth-order valence-electron chi connectivity index (χ4n) is 1.85. The number of para-hydroxylation sites is 1. The molecule has 1 heterocycles. The van der Waals surface area contributed by atoms with Crippen molar-refractivity contribution in [2.24, 2.45) is 0 Å². The molecular weight excluding hydrogens is 272 g/mol. The van der Waals surface area contributed by atoms with Crippen molar-refractivity contribution in [1.82, 2.24) is 9.97 Å². The summed E-state index contributed by atoms with van der Waals surface area (Å²) in [6.07, 6.45) is 0. The molecule has 0 unspecified atom stereocenters. The zero-order valence-electron chi connectivity index (χ0n) is 11.9. The predicted octanol–water partition coefficient (Wildman–Crippen LogP) is 2.70. The number of nitrogens with one attached hydrogen (secondary N) is 1. The third-order valence-corrected chi connectivity index (χ3v) is 2.75. The number of ether oxygens (including phenoxy) is 1. The molecule has 1 N–H and O–H groups in total. The number of aromatic nitrogens is 2. The standard InChI is InChI=1S/C14H16N4O3/c1-3-21-13-8-10(2)16-14(17-13)15-9-11-6-4-5-7-12(11)18(19)20/h4-8H,3,9H2,1-2H3,(H,15,16,17). The Hall–Kier alpha value is -2.70.